The molecule has 0 atom stereocenters. The second-order valence-corrected chi connectivity index (χ2v) is 2.48. The molecule has 3 heteroatoms. The lowest BCUT2D eigenvalue weighted by Gasteiger charge is -2.06. The van der Waals surface area contributed by atoms with E-state index in [9.17, 15) is 4.39 Å². The minimum absolute atomic E-state index is 0.0309. The summed E-state index contributed by atoms with van der Waals surface area (Å²) < 4.78 is 17.7. The van der Waals surface area contributed by atoms with Gasteiger partial charge >= 0.3 is 0 Å². The van der Waals surface area contributed by atoms with Gasteiger partial charge in [-0.1, -0.05) is 0 Å². The SMILES string of the molecule is Cc1cc(F)ccc1OCCO. The van der Waals surface area contributed by atoms with Gasteiger partial charge in [0.05, 0.1) is 6.61 Å². The second-order valence-electron chi connectivity index (χ2n) is 2.48. The van der Waals surface area contributed by atoms with Crippen molar-refractivity contribution in [3.63, 3.8) is 0 Å². The van der Waals surface area contributed by atoms with Crippen LogP contribution in [0.3, 0.4) is 0 Å². The van der Waals surface area contributed by atoms with E-state index in [0.717, 1.165) is 5.56 Å². The number of ether oxygens (including phenoxy) is 1. The first-order valence-corrected chi connectivity index (χ1v) is 3.74. The van der Waals surface area contributed by atoms with Crippen molar-refractivity contribution in [2.24, 2.45) is 0 Å². The lowest BCUT2D eigenvalue weighted by molar-refractivity contribution is 0.200. The van der Waals surface area contributed by atoms with Crippen LogP contribution in [0.15, 0.2) is 18.2 Å². The van der Waals surface area contributed by atoms with Crippen molar-refractivity contribution in [2.75, 3.05) is 13.2 Å². The van der Waals surface area contributed by atoms with Crippen LogP contribution < -0.4 is 4.74 Å². The topological polar surface area (TPSA) is 29.5 Å². The Hall–Kier alpha value is -1.09. The third kappa shape index (κ3) is 2.20. The van der Waals surface area contributed by atoms with Crippen molar-refractivity contribution in [1.82, 2.24) is 0 Å². The Bertz CT molecular complexity index is 261. The fraction of sp³-hybridized carbons (Fsp3) is 0.333. The summed E-state index contributed by atoms with van der Waals surface area (Å²) >= 11 is 0. The number of halogens is 1. The van der Waals surface area contributed by atoms with Crippen LogP contribution in [0.4, 0.5) is 4.39 Å². The van der Waals surface area contributed by atoms with Crippen LogP contribution in [0.5, 0.6) is 5.75 Å². The van der Waals surface area contributed by atoms with E-state index in [0.29, 0.717) is 5.75 Å². The summed E-state index contributed by atoms with van der Waals surface area (Å²) in [4.78, 5) is 0. The van der Waals surface area contributed by atoms with E-state index in [1.165, 1.54) is 12.1 Å². The maximum Gasteiger partial charge on any atom is 0.123 e. The molecule has 0 amide bonds. The lowest BCUT2D eigenvalue weighted by Crippen LogP contribution is -2.02. The maximum atomic E-state index is 12.6. The van der Waals surface area contributed by atoms with Gasteiger partial charge in [-0.3, -0.25) is 0 Å². The van der Waals surface area contributed by atoms with Gasteiger partial charge < -0.3 is 9.84 Å². The van der Waals surface area contributed by atoms with Crippen LogP contribution in [-0.2, 0) is 0 Å². The first-order valence-electron chi connectivity index (χ1n) is 3.74. The third-order valence-electron chi connectivity index (χ3n) is 1.49. The molecule has 2 nitrogen and oxygen atoms in total. The van der Waals surface area contributed by atoms with Crippen molar-refractivity contribution < 1.29 is 14.2 Å². The summed E-state index contributed by atoms with van der Waals surface area (Å²) in [7, 11) is 0. The Morgan fingerprint density at radius 3 is 2.83 bits per heavy atom. The fourth-order valence-corrected chi connectivity index (χ4v) is 0.930. The van der Waals surface area contributed by atoms with Crippen molar-refractivity contribution in [1.29, 1.82) is 0 Å². The molecule has 0 bridgehead atoms. The van der Waals surface area contributed by atoms with Crippen LogP contribution in [0.1, 0.15) is 5.56 Å². The first kappa shape index (κ1) is 9.00. The Labute approximate surface area is 70.6 Å². The summed E-state index contributed by atoms with van der Waals surface area (Å²) in [6, 6.07) is 4.28. The number of hydrogen-bond donors (Lipinski definition) is 1. The van der Waals surface area contributed by atoms with E-state index in [1.807, 2.05) is 0 Å². The Kier molecular flexibility index (Phi) is 3.05. The molecule has 0 aliphatic heterocycles. The highest BCUT2D eigenvalue weighted by Crippen LogP contribution is 2.17. The fourth-order valence-electron chi connectivity index (χ4n) is 0.930. The van der Waals surface area contributed by atoms with Crippen LogP contribution in [-0.4, -0.2) is 18.3 Å². The van der Waals surface area contributed by atoms with E-state index in [4.69, 9.17) is 9.84 Å². The van der Waals surface area contributed by atoms with Crippen LogP contribution >= 0.6 is 0 Å². The molecule has 0 fully saturated rings. The Balaban J connectivity index is 2.72. The predicted molar refractivity (Wildman–Crippen MR) is 43.7 cm³/mol. The summed E-state index contributed by atoms with van der Waals surface area (Å²) in [6.07, 6.45) is 0. The van der Waals surface area contributed by atoms with Gasteiger partial charge in [0.25, 0.3) is 0 Å². The summed E-state index contributed by atoms with van der Waals surface area (Å²) in [6.45, 7) is 1.97. The standard InChI is InChI=1S/C9H11FO2/c1-7-6-8(10)2-3-9(7)12-5-4-11/h2-3,6,11H,4-5H2,1H3. The summed E-state index contributed by atoms with van der Waals surface area (Å²) in [5.74, 6) is 0.342. The number of rotatable bonds is 3. The Morgan fingerprint density at radius 2 is 2.25 bits per heavy atom. The molecular weight excluding hydrogens is 159 g/mol. The molecule has 0 saturated heterocycles. The van der Waals surface area contributed by atoms with Crippen LogP contribution in [0.25, 0.3) is 0 Å². The quantitative estimate of drug-likeness (QED) is 0.745. The molecule has 0 unspecified atom stereocenters. The summed E-state index contributed by atoms with van der Waals surface area (Å²) in [5, 5.41) is 8.47. The normalized spacial score (nSPS) is 9.92. The molecule has 0 heterocycles. The minimum Gasteiger partial charge on any atom is -0.491 e. The highest BCUT2D eigenvalue weighted by molar-refractivity contribution is 5.32. The van der Waals surface area contributed by atoms with Gasteiger partial charge in [-0.05, 0) is 30.7 Å². The monoisotopic (exact) mass is 170 g/mol. The van der Waals surface area contributed by atoms with Crippen LogP contribution in [0.2, 0.25) is 0 Å². The highest BCUT2D eigenvalue weighted by Gasteiger charge is 1.99. The maximum absolute atomic E-state index is 12.6. The Morgan fingerprint density at radius 1 is 1.50 bits per heavy atom. The van der Waals surface area contributed by atoms with E-state index in [1.54, 1.807) is 13.0 Å². The molecule has 12 heavy (non-hydrogen) atoms. The average Bonchev–Trinajstić information content (AvgIpc) is 2.03. The van der Waals surface area contributed by atoms with Crippen LogP contribution in [0, 0.1) is 12.7 Å². The van der Waals surface area contributed by atoms with Gasteiger partial charge in [0.1, 0.15) is 18.2 Å². The zero-order valence-corrected chi connectivity index (χ0v) is 6.88. The minimum atomic E-state index is -0.274. The third-order valence-corrected chi connectivity index (χ3v) is 1.49. The molecule has 0 spiro atoms. The van der Waals surface area contributed by atoms with Crippen molar-refractivity contribution in [3.05, 3.63) is 29.6 Å². The van der Waals surface area contributed by atoms with Crippen molar-refractivity contribution in [3.8, 4) is 5.75 Å². The van der Waals surface area contributed by atoms with Crippen molar-refractivity contribution in [2.45, 2.75) is 6.92 Å². The van der Waals surface area contributed by atoms with E-state index in [-0.39, 0.29) is 19.0 Å². The van der Waals surface area contributed by atoms with Gasteiger partial charge in [-0.2, -0.15) is 0 Å². The number of aliphatic hydroxyl groups is 1. The van der Waals surface area contributed by atoms with Gasteiger partial charge in [0.15, 0.2) is 0 Å². The number of hydrogen-bond acceptors (Lipinski definition) is 2. The molecule has 0 radical (unpaired) electrons. The molecular formula is C9H11FO2. The van der Waals surface area contributed by atoms with Gasteiger partial charge in [-0.15, -0.1) is 0 Å². The molecule has 1 rings (SSSR count). The predicted octanol–water partition coefficient (Wildman–Crippen LogP) is 1.51. The summed E-state index contributed by atoms with van der Waals surface area (Å²) in [5.41, 5.74) is 0.739. The molecule has 1 aromatic carbocycles. The van der Waals surface area contributed by atoms with Crippen molar-refractivity contribution >= 4 is 0 Å². The number of aliphatic hydroxyl groups excluding tert-OH is 1. The van der Waals surface area contributed by atoms with E-state index < -0.39 is 0 Å². The molecule has 0 saturated carbocycles. The number of benzene rings is 1. The average molecular weight is 170 g/mol. The van der Waals surface area contributed by atoms with E-state index >= 15 is 0 Å². The molecule has 1 aromatic rings. The zero-order valence-electron chi connectivity index (χ0n) is 6.88. The van der Waals surface area contributed by atoms with Gasteiger partial charge in [0, 0.05) is 0 Å². The highest BCUT2D eigenvalue weighted by atomic mass is 19.1. The van der Waals surface area contributed by atoms with E-state index in [2.05, 4.69) is 0 Å². The second kappa shape index (κ2) is 4.07. The molecule has 0 aliphatic carbocycles. The molecule has 66 valence electrons. The zero-order chi connectivity index (χ0) is 8.97. The smallest absolute Gasteiger partial charge is 0.123 e. The lowest BCUT2D eigenvalue weighted by atomic mass is 10.2. The molecule has 0 aliphatic rings. The largest absolute Gasteiger partial charge is 0.491 e. The van der Waals surface area contributed by atoms with Gasteiger partial charge in [-0.25, -0.2) is 4.39 Å². The molecule has 0 aromatic heterocycles. The first-order chi connectivity index (χ1) is 5.74. The molecule has 1 N–H and O–H groups in total. The van der Waals surface area contributed by atoms with Gasteiger partial charge in [0.2, 0.25) is 0 Å². The number of aryl methyl sites for hydroxylation is 1.